The molecule has 2 unspecified atom stereocenters. The maximum atomic E-state index is 10.6. The highest BCUT2D eigenvalue weighted by Crippen LogP contribution is 2.22. The lowest BCUT2D eigenvalue weighted by Gasteiger charge is -2.27. The smallest absolute Gasteiger partial charge is 0.119 e. The zero-order chi connectivity index (χ0) is 24.5. The molecule has 0 bridgehead atoms. The Morgan fingerprint density at radius 1 is 0.735 bits per heavy atom. The molecule has 7 heteroatoms. The van der Waals surface area contributed by atoms with Crippen LogP contribution in [0, 0.1) is 13.8 Å². The van der Waals surface area contributed by atoms with Gasteiger partial charge >= 0.3 is 0 Å². The molecular formula is C27H31Cl2NO4. The maximum Gasteiger partial charge on any atom is 0.119 e. The molecule has 0 spiro atoms. The Hall–Kier alpha value is -2.28. The van der Waals surface area contributed by atoms with E-state index < -0.39 is 12.2 Å². The average Bonchev–Trinajstić information content (AvgIpc) is 2.81. The summed E-state index contributed by atoms with van der Waals surface area (Å²) < 4.78 is 11.5. The van der Waals surface area contributed by atoms with E-state index in [1.54, 1.807) is 24.3 Å². The van der Waals surface area contributed by atoms with E-state index in [4.69, 9.17) is 32.7 Å². The highest BCUT2D eigenvalue weighted by molar-refractivity contribution is 6.31. The fraction of sp³-hybridized carbons (Fsp3) is 0.333. The van der Waals surface area contributed by atoms with Crippen molar-refractivity contribution in [2.45, 2.75) is 32.6 Å². The van der Waals surface area contributed by atoms with Crippen LogP contribution in [-0.4, -0.2) is 53.6 Å². The van der Waals surface area contributed by atoms with Crippen LogP contribution in [-0.2, 0) is 6.54 Å². The number of aliphatic hydroxyl groups excluding tert-OH is 2. The first-order valence-corrected chi connectivity index (χ1v) is 12.0. The van der Waals surface area contributed by atoms with Gasteiger partial charge in [0.15, 0.2) is 0 Å². The van der Waals surface area contributed by atoms with Gasteiger partial charge in [-0.15, -0.1) is 0 Å². The first-order chi connectivity index (χ1) is 16.3. The summed E-state index contributed by atoms with van der Waals surface area (Å²) in [5.74, 6) is 1.31. The van der Waals surface area contributed by atoms with E-state index >= 15 is 0 Å². The third-order valence-electron chi connectivity index (χ3n) is 5.33. The molecule has 5 nitrogen and oxygen atoms in total. The molecule has 0 aromatic heterocycles. The lowest BCUT2D eigenvalue weighted by Crippen LogP contribution is -2.41. The zero-order valence-electron chi connectivity index (χ0n) is 19.5. The maximum absolute atomic E-state index is 10.6. The predicted octanol–water partition coefficient (Wildman–Crippen LogP) is 5.29. The number of ether oxygens (including phenoxy) is 2. The molecule has 0 heterocycles. The van der Waals surface area contributed by atoms with E-state index in [9.17, 15) is 10.2 Å². The zero-order valence-corrected chi connectivity index (χ0v) is 21.0. The van der Waals surface area contributed by atoms with Crippen molar-refractivity contribution < 1.29 is 19.7 Å². The van der Waals surface area contributed by atoms with E-state index in [1.807, 2.05) is 61.2 Å². The molecule has 2 N–H and O–H groups in total. The van der Waals surface area contributed by atoms with Crippen molar-refractivity contribution in [1.82, 2.24) is 4.90 Å². The first-order valence-electron chi connectivity index (χ1n) is 11.2. The molecule has 182 valence electrons. The largest absolute Gasteiger partial charge is 0.491 e. The van der Waals surface area contributed by atoms with Crippen LogP contribution in [0.4, 0.5) is 0 Å². The summed E-state index contributed by atoms with van der Waals surface area (Å²) in [5, 5.41) is 22.6. The second-order valence-corrected chi connectivity index (χ2v) is 9.25. The van der Waals surface area contributed by atoms with E-state index in [2.05, 4.69) is 0 Å². The summed E-state index contributed by atoms with van der Waals surface area (Å²) in [6.07, 6.45) is -1.49. The lowest BCUT2D eigenvalue weighted by atomic mass is 10.2. The van der Waals surface area contributed by atoms with Gasteiger partial charge in [-0.1, -0.05) is 53.5 Å². The fourth-order valence-electron chi connectivity index (χ4n) is 3.55. The van der Waals surface area contributed by atoms with Crippen molar-refractivity contribution in [3.8, 4) is 11.5 Å². The molecule has 0 saturated carbocycles. The Morgan fingerprint density at radius 2 is 1.21 bits per heavy atom. The number of hydrogen-bond acceptors (Lipinski definition) is 5. The van der Waals surface area contributed by atoms with E-state index in [-0.39, 0.29) is 13.2 Å². The number of hydrogen-bond donors (Lipinski definition) is 2. The number of nitrogens with zero attached hydrogens (tertiary/aromatic N) is 1. The average molecular weight is 504 g/mol. The molecule has 0 aliphatic carbocycles. The third-order valence-corrected chi connectivity index (χ3v) is 6.18. The topological polar surface area (TPSA) is 62.2 Å². The summed E-state index contributed by atoms with van der Waals surface area (Å²) in [5.41, 5.74) is 2.92. The van der Waals surface area contributed by atoms with Crippen molar-refractivity contribution in [1.29, 1.82) is 0 Å². The number of aliphatic hydroxyl groups is 2. The van der Waals surface area contributed by atoms with E-state index in [0.29, 0.717) is 41.2 Å². The Morgan fingerprint density at radius 3 is 1.65 bits per heavy atom. The van der Waals surface area contributed by atoms with Crippen molar-refractivity contribution in [2.75, 3.05) is 26.3 Å². The quantitative estimate of drug-likeness (QED) is 0.351. The van der Waals surface area contributed by atoms with Crippen LogP contribution in [0.25, 0.3) is 0 Å². The molecule has 3 aromatic carbocycles. The number of aryl methyl sites for hydroxylation is 2. The molecule has 0 aliphatic rings. The molecule has 0 aliphatic heterocycles. The van der Waals surface area contributed by atoms with Crippen LogP contribution >= 0.6 is 23.2 Å². The minimum absolute atomic E-state index is 0.128. The van der Waals surface area contributed by atoms with Gasteiger partial charge < -0.3 is 19.7 Å². The second kappa shape index (κ2) is 13.0. The SMILES string of the molecule is Cc1cc(OCC(O)CN(Cc2ccccc2)CC(O)COc2ccc(Cl)c(C)c2)ccc1Cl. The van der Waals surface area contributed by atoms with Crippen molar-refractivity contribution in [3.05, 3.63) is 93.5 Å². The first kappa shape index (κ1) is 26.3. The van der Waals surface area contributed by atoms with Gasteiger partial charge in [0.05, 0.1) is 0 Å². The Balaban J connectivity index is 1.56. The van der Waals surface area contributed by atoms with Gasteiger partial charge in [0.25, 0.3) is 0 Å². The third kappa shape index (κ3) is 8.49. The standard InChI is InChI=1S/C27H31Cl2NO4/c1-19-12-24(8-10-26(19)28)33-17-22(31)15-30(14-21-6-4-3-5-7-21)16-23(32)18-34-25-9-11-27(29)20(2)13-25/h3-13,22-23,31-32H,14-18H2,1-2H3. The molecule has 0 amide bonds. The van der Waals surface area contributed by atoms with Gasteiger partial charge in [0.2, 0.25) is 0 Å². The monoisotopic (exact) mass is 503 g/mol. The summed E-state index contributed by atoms with van der Waals surface area (Å²) in [6.45, 7) is 5.31. The normalized spacial score (nSPS) is 13.0. The molecule has 0 radical (unpaired) electrons. The summed E-state index contributed by atoms with van der Waals surface area (Å²) in [4.78, 5) is 2.00. The summed E-state index contributed by atoms with van der Waals surface area (Å²) in [6, 6.07) is 20.7. The molecule has 0 fully saturated rings. The Bertz CT molecular complexity index is 985. The molecule has 3 rings (SSSR count). The molecule has 2 atom stereocenters. The highest BCUT2D eigenvalue weighted by Gasteiger charge is 2.18. The van der Waals surface area contributed by atoms with Gasteiger partial charge in [0.1, 0.15) is 36.9 Å². The Labute approximate surface area is 211 Å². The predicted molar refractivity (Wildman–Crippen MR) is 137 cm³/mol. The van der Waals surface area contributed by atoms with Gasteiger partial charge in [-0.3, -0.25) is 4.90 Å². The van der Waals surface area contributed by atoms with Gasteiger partial charge in [0, 0.05) is 29.7 Å². The number of rotatable bonds is 12. The lowest BCUT2D eigenvalue weighted by molar-refractivity contribution is 0.0282. The van der Waals surface area contributed by atoms with Crippen LogP contribution in [0.5, 0.6) is 11.5 Å². The van der Waals surface area contributed by atoms with E-state index in [0.717, 1.165) is 16.7 Å². The molecule has 0 saturated heterocycles. The van der Waals surface area contributed by atoms with Crippen LogP contribution in [0.2, 0.25) is 10.0 Å². The van der Waals surface area contributed by atoms with Crippen LogP contribution < -0.4 is 9.47 Å². The van der Waals surface area contributed by atoms with Gasteiger partial charge in [-0.2, -0.15) is 0 Å². The van der Waals surface area contributed by atoms with Crippen LogP contribution in [0.3, 0.4) is 0 Å². The number of halogens is 2. The number of benzene rings is 3. The van der Waals surface area contributed by atoms with Gasteiger partial charge in [-0.05, 0) is 66.9 Å². The van der Waals surface area contributed by atoms with Crippen LogP contribution in [0.15, 0.2) is 66.7 Å². The second-order valence-electron chi connectivity index (χ2n) is 8.43. The minimum atomic E-state index is -0.744. The van der Waals surface area contributed by atoms with Crippen molar-refractivity contribution in [2.24, 2.45) is 0 Å². The summed E-state index contributed by atoms with van der Waals surface area (Å²) in [7, 11) is 0. The van der Waals surface area contributed by atoms with Crippen molar-refractivity contribution in [3.63, 3.8) is 0 Å². The molecule has 3 aromatic rings. The molecular weight excluding hydrogens is 473 g/mol. The summed E-state index contributed by atoms with van der Waals surface area (Å²) >= 11 is 12.1. The Kier molecular flexibility index (Phi) is 10.1. The van der Waals surface area contributed by atoms with E-state index in [1.165, 1.54) is 0 Å². The van der Waals surface area contributed by atoms with Crippen LogP contribution in [0.1, 0.15) is 16.7 Å². The minimum Gasteiger partial charge on any atom is -0.491 e. The fourth-order valence-corrected chi connectivity index (χ4v) is 3.78. The van der Waals surface area contributed by atoms with Crippen molar-refractivity contribution >= 4 is 23.2 Å². The van der Waals surface area contributed by atoms with Gasteiger partial charge in [-0.25, -0.2) is 0 Å². The molecule has 34 heavy (non-hydrogen) atoms. The highest BCUT2D eigenvalue weighted by atomic mass is 35.5.